The van der Waals surface area contributed by atoms with Gasteiger partial charge in [-0.15, -0.1) is 0 Å². The Hall–Kier alpha value is -2.33. The van der Waals surface area contributed by atoms with Gasteiger partial charge in [0.25, 0.3) is 5.96 Å². The number of rotatable bonds is 12. The van der Waals surface area contributed by atoms with Crippen LogP contribution in [0, 0.1) is 22.0 Å². The monoisotopic (exact) mass is 436 g/mol. The summed E-state index contributed by atoms with van der Waals surface area (Å²) in [5, 5.41) is 15.2. The number of carbonyl (C=O) groups is 2. The third-order valence-corrected chi connectivity index (χ3v) is 5.29. The summed E-state index contributed by atoms with van der Waals surface area (Å²) in [6, 6.07) is -0.739. The summed E-state index contributed by atoms with van der Waals surface area (Å²) in [6.45, 7) is 4.21. The maximum Gasteiger partial charge on any atom is 0.251 e. The Balaban J connectivity index is 2.63. The van der Waals surface area contributed by atoms with E-state index < -0.39 is 17.0 Å². The molecule has 0 bridgehead atoms. The summed E-state index contributed by atoms with van der Waals surface area (Å²) >= 11 is 0. The number of nitrogens with one attached hydrogen (secondary N) is 3. The van der Waals surface area contributed by atoms with Crippen LogP contribution in [-0.2, 0) is 9.59 Å². The molecule has 0 spiro atoms. The third kappa shape index (κ3) is 12.9. The first-order valence-corrected chi connectivity index (χ1v) is 11.2. The average Bonchev–Trinajstić information content (AvgIpc) is 2.91. The van der Waals surface area contributed by atoms with E-state index in [1.165, 1.54) is 12.8 Å². The van der Waals surface area contributed by atoms with E-state index in [0.29, 0.717) is 37.5 Å². The Labute approximate surface area is 186 Å². The van der Waals surface area contributed by atoms with Crippen molar-refractivity contribution >= 4 is 25.6 Å². The quantitative estimate of drug-likeness (QED) is 0.0690. The topological polar surface area (TPSA) is 152 Å². The summed E-state index contributed by atoms with van der Waals surface area (Å²) in [4.78, 5) is 39.5. The lowest BCUT2D eigenvalue weighted by molar-refractivity contribution is -0.525. The zero-order chi connectivity index (χ0) is 23.2. The molecule has 2 atom stereocenters. The summed E-state index contributed by atoms with van der Waals surface area (Å²) in [5.41, 5.74) is 7.16. The van der Waals surface area contributed by atoms with Crippen LogP contribution in [0.15, 0.2) is 4.99 Å². The highest BCUT2D eigenvalue weighted by atomic mass is 16.7. The fraction of sp³-hybridized carbons (Fsp3) is 0.850. The molecule has 1 saturated carbocycles. The summed E-state index contributed by atoms with van der Waals surface area (Å²) < 4.78 is 0. The van der Waals surface area contributed by atoms with Crippen molar-refractivity contribution in [2.45, 2.75) is 90.0 Å². The van der Waals surface area contributed by atoms with Gasteiger partial charge < -0.3 is 16.4 Å². The van der Waals surface area contributed by atoms with E-state index in [0.717, 1.165) is 25.7 Å². The number of nitro groups is 1. The lowest BCUT2D eigenvalue weighted by Gasteiger charge is -2.23. The van der Waals surface area contributed by atoms with Crippen LogP contribution in [0.5, 0.6) is 0 Å². The first-order chi connectivity index (χ1) is 14.7. The Morgan fingerprint density at radius 1 is 1.19 bits per heavy atom. The van der Waals surface area contributed by atoms with Gasteiger partial charge in [0.1, 0.15) is 6.04 Å². The summed E-state index contributed by atoms with van der Waals surface area (Å²) in [6.07, 6.45) is 8.58. The number of carbonyl (C=O) groups excluding carboxylic acids is 2. The average molecular weight is 436 g/mol. The lowest BCUT2D eigenvalue weighted by atomic mass is 9.88. The number of amides is 2. The van der Waals surface area contributed by atoms with E-state index in [2.05, 4.69) is 15.6 Å². The van der Waals surface area contributed by atoms with Gasteiger partial charge in [-0.1, -0.05) is 45.0 Å². The zero-order valence-electron chi connectivity index (χ0n) is 18.8. The molecular weight excluding hydrogens is 399 g/mol. The summed E-state index contributed by atoms with van der Waals surface area (Å²) in [5.74, 6) is -0.587. The van der Waals surface area contributed by atoms with Crippen LogP contribution in [0.2, 0.25) is 0 Å². The molecule has 0 saturated heterocycles. The second-order valence-electron chi connectivity index (χ2n) is 8.70. The fourth-order valence-electron chi connectivity index (χ4n) is 3.83. The third-order valence-electron chi connectivity index (χ3n) is 5.29. The maximum absolute atomic E-state index is 12.7. The second kappa shape index (κ2) is 14.6. The molecule has 1 rings (SSSR count). The van der Waals surface area contributed by atoms with Crippen molar-refractivity contribution in [3.05, 3.63) is 10.1 Å². The molecule has 174 valence electrons. The number of hydrazine groups is 1. The predicted octanol–water partition coefficient (Wildman–Crippen LogP) is 1.36. The molecule has 2 amide bonds. The minimum Gasteiger partial charge on any atom is -0.365 e. The SMILES string of the molecule is [B][C@H](CC(C)C)NC(=O)[C@H](CCCN=C(N)N[N+](=O)[O-])NC(=O)CC1CCCCCC1. The number of hydrogen-bond donors (Lipinski definition) is 4. The van der Waals surface area contributed by atoms with Gasteiger partial charge >= 0.3 is 0 Å². The van der Waals surface area contributed by atoms with Crippen LogP contribution in [0.4, 0.5) is 0 Å². The van der Waals surface area contributed by atoms with Crippen molar-refractivity contribution in [2.75, 3.05) is 6.54 Å². The van der Waals surface area contributed by atoms with Crippen LogP contribution in [0.25, 0.3) is 0 Å². The second-order valence-corrected chi connectivity index (χ2v) is 8.70. The number of hydrogen-bond acceptors (Lipinski definition) is 5. The van der Waals surface area contributed by atoms with Gasteiger partial charge in [-0.2, -0.15) is 0 Å². The molecule has 5 N–H and O–H groups in total. The number of nitrogens with two attached hydrogens (primary N) is 1. The van der Waals surface area contributed by atoms with Crippen LogP contribution < -0.4 is 21.8 Å². The van der Waals surface area contributed by atoms with E-state index in [1.807, 2.05) is 13.8 Å². The molecule has 0 aliphatic heterocycles. The highest BCUT2D eigenvalue weighted by molar-refractivity contribution is 6.13. The molecule has 2 radical (unpaired) electrons. The van der Waals surface area contributed by atoms with Crippen molar-refractivity contribution in [3.8, 4) is 0 Å². The van der Waals surface area contributed by atoms with Gasteiger partial charge in [0.15, 0.2) is 5.03 Å². The van der Waals surface area contributed by atoms with Crippen molar-refractivity contribution in [2.24, 2.45) is 22.6 Å². The van der Waals surface area contributed by atoms with E-state index in [9.17, 15) is 19.7 Å². The summed E-state index contributed by atoms with van der Waals surface area (Å²) in [7, 11) is 6.00. The van der Waals surface area contributed by atoms with Crippen molar-refractivity contribution in [1.29, 1.82) is 0 Å². The Morgan fingerprint density at radius 2 is 1.84 bits per heavy atom. The highest BCUT2D eigenvalue weighted by Gasteiger charge is 2.24. The molecule has 0 heterocycles. The van der Waals surface area contributed by atoms with Gasteiger partial charge in [-0.3, -0.25) is 9.59 Å². The molecule has 1 fully saturated rings. The Bertz CT molecular complexity index is 608. The molecule has 0 unspecified atom stereocenters. The minimum absolute atomic E-state index is 0.137. The van der Waals surface area contributed by atoms with Crippen LogP contribution in [-0.4, -0.2) is 49.2 Å². The minimum atomic E-state index is -0.793. The van der Waals surface area contributed by atoms with E-state index in [4.69, 9.17) is 13.6 Å². The molecule has 11 heteroatoms. The Morgan fingerprint density at radius 3 is 2.42 bits per heavy atom. The van der Waals surface area contributed by atoms with Gasteiger partial charge in [0, 0.05) is 13.0 Å². The maximum atomic E-state index is 12.7. The number of aliphatic imine (C=N–C) groups is 1. The van der Waals surface area contributed by atoms with E-state index in [1.54, 1.807) is 5.43 Å². The predicted molar refractivity (Wildman–Crippen MR) is 121 cm³/mol. The van der Waals surface area contributed by atoms with Gasteiger partial charge in [0.05, 0.1) is 7.85 Å². The lowest BCUT2D eigenvalue weighted by Crippen LogP contribution is -2.50. The highest BCUT2D eigenvalue weighted by Crippen LogP contribution is 2.25. The molecule has 10 nitrogen and oxygen atoms in total. The van der Waals surface area contributed by atoms with Crippen LogP contribution in [0.3, 0.4) is 0 Å². The van der Waals surface area contributed by atoms with Crippen molar-refractivity contribution in [3.63, 3.8) is 0 Å². The molecule has 1 aliphatic rings. The molecule has 31 heavy (non-hydrogen) atoms. The van der Waals surface area contributed by atoms with E-state index >= 15 is 0 Å². The molecule has 0 aromatic rings. The Kier molecular flexibility index (Phi) is 12.6. The van der Waals surface area contributed by atoms with Crippen molar-refractivity contribution < 1.29 is 14.6 Å². The van der Waals surface area contributed by atoms with Crippen LogP contribution >= 0.6 is 0 Å². The number of nitrogens with zero attached hydrogens (tertiary/aromatic N) is 2. The van der Waals surface area contributed by atoms with Crippen molar-refractivity contribution in [1.82, 2.24) is 16.1 Å². The molecule has 0 aromatic heterocycles. The first-order valence-electron chi connectivity index (χ1n) is 11.2. The standard InChI is InChI=1S/C20H37BN6O4/c1-14(2)12-17(21)25-19(29)16(10-7-11-23-20(22)26-27(30)31)24-18(28)13-15-8-5-3-4-6-9-15/h14-17H,3-13H2,1-2H3,(H,24,28)(H,25,29)(H3,22,23,26)/t16-,17-/m0/s1. The first kappa shape index (κ1) is 26.7. The van der Waals surface area contributed by atoms with E-state index in [-0.39, 0.29) is 24.3 Å². The van der Waals surface area contributed by atoms with Gasteiger partial charge in [-0.05, 0) is 49.9 Å². The zero-order valence-corrected chi connectivity index (χ0v) is 18.8. The largest absolute Gasteiger partial charge is 0.365 e. The fourth-order valence-corrected chi connectivity index (χ4v) is 3.83. The van der Waals surface area contributed by atoms with Gasteiger partial charge in [0.2, 0.25) is 11.8 Å². The van der Waals surface area contributed by atoms with Gasteiger partial charge in [-0.25, -0.2) is 15.1 Å². The molecule has 0 aromatic carbocycles. The molecular formula is C20H37BN6O4. The smallest absolute Gasteiger partial charge is 0.251 e. The number of guanidine groups is 1. The normalized spacial score (nSPS) is 17.5. The molecule has 1 aliphatic carbocycles. The van der Waals surface area contributed by atoms with Crippen LogP contribution in [0.1, 0.15) is 78.1 Å².